The number of aromatic nitrogens is 3. The number of likely N-dealkylation sites (tertiary alicyclic amines) is 1. The predicted molar refractivity (Wildman–Crippen MR) is 90.0 cm³/mol. The lowest BCUT2D eigenvalue weighted by atomic mass is 9.95. The number of carbonyl (C=O) groups excluding carboxylic acids is 1. The first-order valence-electron chi connectivity index (χ1n) is 8.12. The van der Waals surface area contributed by atoms with E-state index in [1.807, 2.05) is 25.9 Å². The van der Waals surface area contributed by atoms with Crippen molar-refractivity contribution >= 4 is 17.8 Å². The Bertz CT molecular complexity index is 541. The SMILES string of the molecule is CCNC(=O)C1CCN(C(C)c2nc(N)nc(N(C)C)n2)CC1. The number of nitrogens with two attached hydrogens (primary N) is 1. The van der Waals surface area contributed by atoms with Crippen molar-refractivity contribution in [3.05, 3.63) is 5.82 Å². The van der Waals surface area contributed by atoms with Gasteiger partial charge in [-0.3, -0.25) is 9.69 Å². The molecule has 0 radical (unpaired) electrons. The summed E-state index contributed by atoms with van der Waals surface area (Å²) in [4.78, 5) is 28.9. The topological polar surface area (TPSA) is 100 Å². The molecule has 1 unspecified atom stereocenters. The Balaban J connectivity index is 2.02. The van der Waals surface area contributed by atoms with Crippen molar-refractivity contribution in [1.82, 2.24) is 25.2 Å². The first kappa shape index (κ1) is 17.4. The third kappa shape index (κ3) is 4.28. The number of hydrogen-bond donors (Lipinski definition) is 2. The van der Waals surface area contributed by atoms with E-state index in [1.165, 1.54) is 0 Å². The van der Waals surface area contributed by atoms with Gasteiger partial charge in [-0.05, 0) is 39.8 Å². The molecule has 3 N–H and O–H groups in total. The fraction of sp³-hybridized carbons (Fsp3) is 0.733. The third-order valence-corrected chi connectivity index (χ3v) is 4.23. The Kier molecular flexibility index (Phi) is 5.70. The van der Waals surface area contributed by atoms with E-state index in [0.29, 0.717) is 18.3 Å². The lowest BCUT2D eigenvalue weighted by Gasteiger charge is -2.34. The second-order valence-electron chi connectivity index (χ2n) is 6.13. The number of hydrogen-bond acceptors (Lipinski definition) is 7. The van der Waals surface area contributed by atoms with Crippen molar-refractivity contribution < 1.29 is 4.79 Å². The van der Waals surface area contributed by atoms with Crippen LogP contribution >= 0.6 is 0 Å². The van der Waals surface area contributed by atoms with Crippen LogP contribution in [0.1, 0.15) is 38.6 Å². The molecule has 23 heavy (non-hydrogen) atoms. The van der Waals surface area contributed by atoms with Gasteiger partial charge in [-0.1, -0.05) is 0 Å². The average Bonchev–Trinajstić information content (AvgIpc) is 2.54. The number of amides is 1. The first-order valence-corrected chi connectivity index (χ1v) is 8.12. The molecule has 1 fully saturated rings. The molecule has 1 aromatic heterocycles. The van der Waals surface area contributed by atoms with Crippen LogP contribution in [0.5, 0.6) is 0 Å². The molecule has 1 saturated heterocycles. The standard InChI is InChI=1S/C15H27N7O/c1-5-17-13(23)11-6-8-22(9-7-11)10(2)12-18-14(16)20-15(19-12)21(3)4/h10-11H,5-9H2,1-4H3,(H,17,23)(H2,16,18,19,20). The summed E-state index contributed by atoms with van der Waals surface area (Å²) >= 11 is 0. The van der Waals surface area contributed by atoms with Crippen molar-refractivity contribution in [3.8, 4) is 0 Å². The van der Waals surface area contributed by atoms with E-state index in [2.05, 4.69) is 32.1 Å². The Morgan fingerprint density at radius 1 is 1.35 bits per heavy atom. The van der Waals surface area contributed by atoms with Gasteiger partial charge in [0.1, 0.15) is 0 Å². The Morgan fingerprint density at radius 3 is 2.57 bits per heavy atom. The predicted octanol–water partition coefficient (Wildman–Crippen LogP) is 0.429. The highest BCUT2D eigenvalue weighted by Gasteiger charge is 2.28. The molecule has 0 saturated carbocycles. The van der Waals surface area contributed by atoms with Crippen molar-refractivity contribution in [2.75, 3.05) is 44.4 Å². The van der Waals surface area contributed by atoms with Crippen LogP contribution in [-0.4, -0.2) is 59.5 Å². The molecule has 1 aromatic rings. The number of nitrogen functional groups attached to an aromatic ring is 1. The van der Waals surface area contributed by atoms with Crippen molar-refractivity contribution in [2.45, 2.75) is 32.7 Å². The molecule has 0 bridgehead atoms. The molecule has 2 rings (SSSR count). The van der Waals surface area contributed by atoms with Crippen LogP contribution in [0.25, 0.3) is 0 Å². The maximum absolute atomic E-state index is 11.9. The van der Waals surface area contributed by atoms with Gasteiger partial charge >= 0.3 is 0 Å². The number of nitrogens with zero attached hydrogens (tertiary/aromatic N) is 5. The van der Waals surface area contributed by atoms with Crippen LogP contribution in [0, 0.1) is 5.92 Å². The van der Waals surface area contributed by atoms with Crippen molar-refractivity contribution in [1.29, 1.82) is 0 Å². The second-order valence-corrected chi connectivity index (χ2v) is 6.13. The van der Waals surface area contributed by atoms with E-state index in [-0.39, 0.29) is 23.8 Å². The van der Waals surface area contributed by atoms with Crippen molar-refractivity contribution in [2.24, 2.45) is 5.92 Å². The number of carbonyl (C=O) groups is 1. The average molecular weight is 321 g/mol. The molecule has 2 heterocycles. The Morgan fingerprint density at radius 2 is 2.00 bits per heavy atom. The molecule has 1 aliphatic rings. The molecule has 1 aliphatic heterocycles. The summed E-state index contributed by atoms with van der Waals surface area (Å²) in [5.41, 5.74) is 5.80. The molecule has 0 aromatic carbocycles. The minimum Gasteiger partial charge on any atom is -0.368 e. The summed E-state index contributed by atoms with van der Waals surface area (Å²) in [7, 11) is 3.75. The van der Waals surface area contributed by atoms with Gasteiger partial charge in [0.25, 0.3) is 0 Å². The highest BCUT2D eigenvalue weighted by Crippen LogP contribution is 2.25. The zero-order valence-electron chi connectivity index (χ0n) is 14.4. The Labute approximate surface area is 137 Å². The quantitative estimate of drug-likeness (QED) is 0.811. The van der Waals surface area contributed by atoms with Crippen LogP contribution in [0.15, 0.2) is 0 Å². The highest BCUT2D eigenvalue weighted by atomic mass is 16.1. The van der Waals surface area contributed by atoms with E-state index in [4.69, 9.17) is 5.73 Å². The van der Waals surface area contributed by atoms with Crippen LogP contribution in [0.2, 0.25) is 0 Å². The fourth-order valence-electron chi connectivity index (χ4n) is 2.81. The van der Waals surface area contributed by atoms with Gasteiger partial charge in [-0.25, -0.2) is 0 Å². The lowest BCUT2D eigenvalue weighted by Crippen LogP contribution is -2.41. The highest BCUT2D eigenvalue weighted by molar-refractivity contribution is 5.78. The van der Waals surface area contributed by atoms with E-state index >= 15 is 0 Å². The summed E-state index contributed by atoms with van der Waals surface area (Å²) in [5.74, 6) is 1.76. The summed E-state index contributed by atoms with van der Waals surface area (Å²) in [5, 5.41) is 2.91. The summed E-state index contributed by atoms with van der Waals surface area (Å²) in [6.07, 6.45) is 1.72. The molecule has 8 heteroatoms. The Hall–Kier alpha value is -1.96. The molecule has 128 valence electrons. The maximum Gasteiger partial charge on any atom is 0.229 e. The normalized spacial score (nSPS) is 17.7. The zero-order valence-corrected chi connectivity index (χ0v) is 14.4. The number of nitrogens with one attached hydrogen (secondary N) is 1. The lowest BCUT2D eigenvalue weighted by molar-refractivity contribution is -0.126. The first-order chi connectivity index (χ1) is 10.9. The van der Waals surface area contributed by atoms with Gasteiger partial charge in [0, 0.05) is 26.6 Å². The maximum atomic E-state index is 11.9. The van der Waals surface area contributed by atoms with Crippen LogP contribution in [-0.2, 0) is 4.79 Å². The van der Waals surface area contributed by atoms with E-state index < -0.39 is 0 Å². The smallest absolute Gasteiger partial charge is 0.229 e. The monoisotopic (exact) mass is 321 g/mol. The van der Waals surface area contributed by atoms with Gasteiger partial charge in [0.05, 0.1) is 6.04 Å². The number of piperidine rings is 1. The van der Waals surface area contributed by atoms with Gasteiger partial charge in [-0.2, -0.15) is 15.0 Å². The minimum atomic E-state index is 0.0502. The van der Waals surface area contributed by atoms with Crippen LogP contribution < -0.4 is 16.0 Å². The molecular formula is C15H27N7O. The molecule has 1 amide bonds. The molecule has 0 spiro atoms. The van der Waals surface area contributed by atoms with Gasteiger partial charge in [-0.15, -0.1) is 0 Å². The van der Waals surface area contributed by atoms with E-state index in [0.717, 1.165) is 25.9 Å². The summed E-state index contributed by atoms with van der Waals surface area (Å²) in [6.45, 7) is 6.41. The number of anilines is 2. The molecule has 1 atom stereocenters. The van der Waals surface area contributed by atoms with Gasteiger partial charge < -0.3 is 16.0 Å². The summed E-state index contributed by atoms with van der Waals surface area (Å²) in [6, 6.07) is 0.0502. The fourth-order valence-corrected chi connectivity index (χ4v) is 2.81. The van der Waals surface area contributed by atoms with Gasteiger partial charge in [0.2, 0.25) is 17.8 Å². The minimum absolute atomic E-state index is 0.0502. The van der Waals surface area contributed by atoms with Crippen LogP contribution in [0.4, 0.5) is 11.9 Å². The largest absolute Gasteiger partial charge is 0.368 e. The van der Waals surface area contributed by atoms with Crippen LogP contribution in [0.3, 0.4) is 0 Å². The second kappa shape index (κ2) is 7.54. The third-order valence-electron chi connectivity index (χ3n) is 4.23. The molecular weight excluding hydrogens is 294 g/mol. The molecule has 8 nitrogen and oxygen atoms in total. The summed E-state index contributed by atoms with van der Waals surface area (Å²) < 4.78 is 0. The zero-order chi connectivity index (χ0) is 17.0. The molecule has 0 aliphatic carbocycles. The van der Waals surface area contributed by atoms with Gasteiger partial charge in [0.15, 0.2) is 5.82 Å². The van der Waals surface area contributed by atoms with E-state index in [1.54, 1.807) is 0 Å². The van der Waals surface area contributed by atoms with E-state index in [9.17, 15) is 4.79 Å². The number of rotatable bonds is 5. The van der Waals surface area contributed by atoms with Crippen molar-refractivity contribution in [3.63, 3.8) is 0 Å².